The Morgan fingerprint density at radius 3 is 1.92 bits per heavy atom. The molecule has 0 saturated heterocycles. The van der Waals surface area contributed by atoms with E-state index in [4.69, 9.17) is 0 Å². The Balaban J connectivity index is 1.98. The van der Waals surface area contributed by atoms with Crippen LogP contribution in [0.25, 0.3) is 11.1 Å². The number of aryl methyl sites for hydroxylation is 2. The Labute approximate surface area is 147 Å². The summed E-state index contributed by atoms with van der Waals surface area (Å²) in [7, 11) is 0. The normalized spacial score (nSPS) is 11.0. The van der Waals surface area contributed by atoms with Crippen molar-refractivity contribution in [1.29, 1.82) is 0 Å². The molecule has 0 aliphatic rings. The Kier molecular flexibility index (Phi) is 8.01. The minimum atomic E-state index is -0.0975. The van der Waals surface area contributed by atoms with E-state index in [0.29, 0.717) is 5.56 Å². The van der Waals surface area contributed by atoms with Crippen molar-refractivity contribution < 1.29 is 4.39 Å². The van der Waals surface area contributed by atoms with Crippen LogP contribution in [0, 0.1) is 5.82 Å². The fourth-order valence-corrected chi connectivity index (χ4v) is 3.13. The van der Waals surface area contributed by atoms with E-state index in [1.54, 1.807) is 6.07 Å². The first-order valence-corrected chi connectivity index (χ1v) is 9.62. The van der Waals surface area contributed by atoms with Crippen molar-refractivity contribution in [2.24, 2.45) is 0 Å². The summed E-state index contributed by atoms with van der Waals surface area (Å²) in [6, 6.07) is 14.1. The maximum absolute atomic E-state index is 14.4. The van der Waals surface area contributed by atoms with Gasteiger partial charge in [0.2, 0.25) is 0 Å². The Bertz CT molecular complexity index is 598. The quantitative estimate of drug-likeness (QED) is 0.400. The molecule has 0 bridgehead atoms. The zero-order valence-electron chi connectivity index (χ0n) is 15.3. The maximum atomic E-state index is 14.4. The molecule has 0 radical (unpaired) electrons. The Hall–Kier alpha value is -1.63. The SMILES string of the molecule is CCCCCCc1ccc(-c2ccc(CCCCC)cc2F)cc1. The molecule has 130 valence electrons. The average molecular weight is 326 g/mol. The number of halogens is 1. The van der Waals surface area contributed by atoms with Gasteiger partial charge in [0.1, 0.15) is 5.82 Å². The number of rotatable bonds is 10. The van der Waals surface area contributed by atoms with Crippen molar-refractivity contribution in [3.05, 3.63) is 59.4 Å². The molecule has 0 spiro atoms. The summed E-state index contributed by atoms with van der Waals surface area (Å²) in [4.78, 5) is 0. The standard InChI is InChI=1S/C23H31F/c1-3-5-7-9-10-19-12-15-21(16-13-19)22-17-14-20(18-23(22)24)11-8-6-4-2/h12-18H,3-11H2,1-2H3. The van der Waals surface area contributed by atoms with Gasteiger partial charge in [-0.3, -0.25) is 0 Å². The molecule has 0 aliphatic heterocycles. The summed E-state index contributed by atoms with van der Waals surface area (Å²) in [6.45, 7) is 4.43. The molecular formula is C23H31F. The number of unbranched alkanes of at least 4 members (excludes halogenated alkanes) is 5. The van der Waals surface area contributed by atoms with E-state index in [0.717, 1.165) is 30.4 Å². The number of benzene rings is 2. The molecule has 24 heavy (non-hydrogen) atoms. The molecule has 0 heterocycles. The van der Waals surface area contributed by atoms with E-state index in [-0.39, 0.29) is 5.82 Å². The molecule has 0 aromatic heterocycles. The van der Waals surface area contributed by atoms with Gasteiger partial charge >= 0.3 is 0 Å². The molecule has 0 nitrogen and oxygen atoms in total. The molecule has 2 aromatic carbocycles. The molecular weight excluding hydrogens is 295 g/mol. The topological polar surface area (TPSA) is 0 Å². The van der Waals surface area contributed by atoms with Crippen LogP contribution in [-0.2, 0) is 12.8 Å². The lowest BCUT2D eigenvalue weighted by atomic mass is 9.98. The second-order valence-corrected chi connectivity index (χ2v) is 6.78. The van der Waals surface area contributed by atoms with E-state index in [1.165, 1.54) is 44.1 Å². The highest BCUT2D eigenvalue weighted by Crippen LogP contribution is 2.25. The van der Waals surface area contributed by atoms with Crippen LogP contribution in [-0.4, -0.2) is 0 Å². The highest BCUT2D eigenvalue weighted by atomic mass is 19.1. The summed E-state index contributed by atoms with van der Waals surface area (Å²) in [5.74, 6) is -0.0975. The first kappa shape index (κ1) is 18.7. The van der Waals surface area contributed by atoms with E-state index >= 15 is 0 Å². The zero-order valence-corrected chi connectivity index (χ0v) is 15.3. The van der Waals surface area contributed by atoms with E-state index < -0.39 is 0 Å². The molecule has 2 rings (SSSR count). The van der Waals surface area contributed by atoms with Crippen molar-refractivity contribution in [2.45, 2.75) is 71.6 Å². The second kappa shape index (κ2) is 10.3. The number of hydrogen-bond donors (Lipinski definition) is 0. The monoisotopic (exact) mass is 326 g/mol. The molecule has 0 aliphatic carbocycles. The van der Waals surface area contributed by atoms with Gasteiger partial charge in [0.25, 0.3) is 0 Å². The Morgan fingerprint density at radius 2 is 1.25 bits per heavy atom. The van der Waals surface area contributed by atoms with E-state index in [2.05, 4.69) is 44.2 Å². The lowest BCUT2D eigenvalue weighted by molar-refractivity contribution is 0.626. The molecule has 0 unspecified atom stereocenters. The van der Waals surface area contributed by atoms with Crippen molar-refractivity contribution in [3.8, 4) is 11.1 Å². The third kappa shape index (κ3) is 5.78. The van der Waals surface area contributed by atoms with Gasteiger partial charge in [0.15, 0.2) is 0 Å². The molecule has 0 fully saturated rings. The molecule has 0 amide bonds. The van der Waals surface area contributed by atoms with Gasteiger partial charge in [-0.15, -0.1) is 0 Å². The van der Waals surface area contributed by atoms with Crippen LogP contribution in [0.5, 0.6) is 0 Å². The van der Waals surface area contributed by atoms with Gasteiger partial charge in [-0.05, 0) is 48.4 Å². The second-order valence-electron chi connectivity index (χ2n) is 6.78. The van der Waals surface area contributed by atoms with Gasteiger partial charge in [-0.2, -0.15) is 0 Å². The number of hydrogen-bond acceptors (Lipinski definition) is 0. The smallest absolute Gasteiger partial charge is 0.131 e. The summed E-state index contributed by atoms with van der Waals surface area (Å²) in [5.41, 5.74) is 4.15. The average Bonchev–Trinajstić information content (AvgIpc) is 2.60. The summed E-state index contributed by atoms with van der Waals surface area (Å²) >= 11 is 0. The van der Waals surface area contributed by atoms with Crippen molar-refractivity contribution in [2.75, 3.05) is 0 Å². The van der Waals surface area contributed by atoms with E-state index in [1.807, 2.05) is 6.07 Å². The lowest BCUT2D eigenvalue weighted by Gasteiger charge is -2.08. The predicted octanol–water partition coefficient (Wildman–Crippen LogP) is 7.35. The third-order valence-corrected chi connectivity index (χ3v) is 4.69. The zero-order chi connectivity index (χ0) is 17.2. The van der Waals surface area contributed by atoms with Crippen LogP contribution < -0.4 is 0 Å². The highest BCUT2D eigenvalue weighted by molar-refractivity contribution is 5.64. The molecule has 2 aromatic rings. The predicted molar refractivity (Wildman–Crippen MR) is 103 cm³/mol. The van der Waals surface area contributed by atoms with Crippen molar-refractivity contribution >= 4 is 0 Å². The maximum Gasteiger partial charge on any atom is 0.131 e. The van der Waals surface area contributed by atoms with Crippen molar-refractivity contribution in [1.82, 2.24) is 0 Å². The van der Waals surface area contributed by atoms with E-state index in [9.17, 15) is 4.39 Å². The largest absolute Gasteiger partial charge is 0.206 e. The van der Waals surface area contributed by atoms with Gasteiger partial charge < -0.3 is 0 Å². The minimum Gasteiger partial charge on any atom is -0.206 e. The third-order valence-electron chi connectivity index (χ3n) is 4.69. The van der Waals surface area contributed by atoms with Gasteiger partial charge in [0.05, 0.1) is 0 Å². The summed E-state index contributed by atoms with van der Waals surface area (Å²) in [6.07, 6.45) is 10.8. The van der Waals surface area contributed by atoms with Gasteiger partial charge in [0, 0.05) is 5.56 Å². The van der Waals surface area contributed by atoms with Crippen LogP contribution in [0.15, 0.2) is 42.5 Å². The fraction of sp³-hybridized carbons (Fsp3) is 0.478. The van der Waals surface area contributed by atoms with Gasteiger partial charge in [-0.25, -0.2) is 4.39 Å². The molecule has 0 atom stereocenters. The summed E-state index contributed by atoms with van der Waals surface area (Å²) in [5, 5.41) is 0. The highest BCUT2D eigenvalue weighted by Gasteiger charge is 2.06. The Morgan fingerprint density at radius 1 is 0.667 bits per heavy atom. The molecule has 0 saturated carbocycles. The van der Waals surface area contributed by atoms with Crippen LogP contribution in [0.2, 0.25) is 0 Å². The minimum absolute atomic E-state index is 0.0975. The van der Waals surface area contributed by atoms with Crippen LogP contribution >= 0.6 is 0 Å². The molecule has 0 N–H and O–H groups in total. The van der Waals surface area contributed by atoms with Crippen LogP contribution in [0.1, 0.15) is 69.9 Å². The lowest BCUT2D eigenvalue weighted by Crippen LogP contribution is -1.91. The molecule has 1 heteroatoms. The van der Waals surface area contributed by atoms with Crippen LogP contribution in [0.4, 0.5) is 4.39 Å². The fourth-order valence-electron chi connectivity index (χ4n) is 3.13. The first-order valence-electron chi connectivity index (χ1n) is 9.62. The summed E-state index contributed by atoms with van der Waals surface area (Å²) < 4.78 is 14.4. The van der Waals surface area contributed by atoms with Gasteiger partial charge in [-0.1, -0.05) is 82.3 Å². The van der Waals surface area contributed by atoms with Crippen molar-refractivity contribution in [3.63, 3.8) is 0 Å². The first-order chi connectivity index (χ1) is 11.7. The van der Waals surface area contributed by atoms with Crippen LogP contribution in [0.3, 0.4) is 0 Å².